The van der Waals surface area contributed by atoms with Crippen molar-refractivity contribution in [1.29, 1.82) is 5.26 Å². The van der Waals surface area contributed by atoms with Crippen LogP contribution in [0.4, 0.5) is 19.1 Å². The molecule has 0 aliphatic rings. The number of hydrogen-bond donors (Lipinski definition) is 1. The Hall–Kier alpha value is -3.01. The summed E-state index contributed by atoms with van der Waals surface area (Å²) in [7, 11) is 0. The van der Waals surface area contributed by atoms with Gasteiger partial charge in [-0.2, -0.15) is 5.26 Å². The van der Waals surface area contributed by atoms with Crippen LogP contribution in [0.2, 0.25) is 0 Å². The fraction of sp³-hybridized carbons (Fsp3) is 0. The van der Waals surface area contributed by atoms with E-state index in [2.05, 4.69) is 4.98 Å². The van der Waals surface area contributed by atoms with Gasteiger partial charge in [-0.05, 0) is 12.1 Å². The van der Waals surface area contributed by atoms with E-state index in [1.54, 1.807) is 12.1 Å². The Morgan fingerprint density at radius 2 is 1.81 bits per heavy atom. The van der Waals surface area contributed by atoms with Gasteiger partial charge in [0.05, 0.1) is 16.8 Å². The Labute approximate surface area is 116 Å². The number of para-hydroxylation sites is 1. The third-order valence-electron chi connectivity index (χ3n) is 3.06. The van der Waals surface area contributed by atoms with Crippen LogP contribution in [0.3, 0.4) is 0 Å². The summed E-state index contributed by atoms with van der Waals surface area (Å²) in [6.07, 6.45) is 0. The summed E-state index contributed by atoms with van der Waals surface area (Å²) in [6, 6.07) is 7.72. The molecule has 21 heavy (non-hydrogen) atoms. The molecule has 0 saturated carbocycles. The highest BCUT2D eigenvalue weighted by Gasteiger charge is 2.18. The van der Waals surface area contributed by atoms with Crippen LogP contribution >= 0.6 is 0 Å². The number of nitrogen functional groups attached to an aromatic ring is 1. The van der Waals surface area contributed by atoms with Crippen LogP contribution in [0.5, 0.6) is 0 Å². The molecule has 2 aromatic carbocycles. The highest BCUT2D eigenvalue weighted by Crippen LogP contribution is 2.27. The number of nitrogens with zero attached hydrogens (tertiary/aromatic N) is 3. The number of nitrogens with two attached hydrogens (primary N) is 1. The SMILES string of the molecule is N#Cc1cccc2c1nc(N)n2-c1cc(F)c(F)cc1F. The predicted molar refractivity (Wildman–Crippen MR) is 70.1 cm³/mol. The first-order chi connectivity index (χ1) is 10.0. The highest BCUT2D eigenvalue weighted by molar-refractivity contribution is 5.85. The molecule has 0 unspecified atom stereocenters. The highest BCUT2D eigenvalue weighted by atomic mass is 19.2. The minimum absolute atomic E-state index is 0.127. The molecule has 3 rings (SSSR count). The summed E-state index contributed by atoms with van der Waals surface area (Å²) >= 11 is 0. The van der Waals surface area contributed by atoms with Crippen molar-refractivity contribution in [2.24, 2.45) is 0 Å². The summed E-state index contributed by atoms with van der Waals surface area (Å²) in [4.78, 5) is 3.99. The van der Waals surface area contributed by atoms with E-state index in [1.807, 2.05) is 6.07 Å². The molecule has 0 fully saturated rings. The van der Waals surface area contributed by atoms with Crippen molar-refractivity contribution in [2.75, 3.05) is 5.73 Å². The summed E-state index contributed by atoms with van der Waals surface area (Å²) in [6.45, 7) is 0. The van der Waals surface area contributed by atoms with Crippen LogP contribution in [0.1, 0.15) is 5.56 Å². The Balaban J connectivity index is 2.39. The van der Waals surface area contributed by atoms with Crippen molar-refractivity contribution in [3.8, 4) is 11.8 Å². The molecule has 7 heteroatoms. The van der Waals surface area contributed by atoms with Gasteiger partial charge in [0.25, 0.3) is 0 Å². The minimum atomic E-state index is -1.29. The van der Waals surface area contributed by atoms with Crippen LogP contribution in [0.25, 0.3) is 16.7 Å². The number of nitriles is 1. The molecule has 1 heterocycles. The number of imidazole rings is 1. The van der Waals surface area contributed by atoms with E-state index in [0.29, 0.717) is 17.6 Å². The largest absolute Gasteiger partial charge is 0.369 e. The van der Waals surface area contributed by atoms with Gasteiger partial charge in [-0.15, -0.1) is 0 Å². The smallest absolute Gasteiger partial charge is 0.206 e. The van der Waals surface area contributed by atoms with Gasteiger partial charge in [-0.1, -0.05) is 6.07 Å². The molecule has 0 aliphatic carbocycles. The van der Waals surface area contributed by atoms with Gasteiger partial charge in [-0.3, -0.25) is 4.57 Å². The van der Waals surface area contributed by atoms with E-state index in [4.69, 9.17) is 11.0 Å². The number of rotatable bonds is 1. The second-order valence-electron chi connectivity index (χ2n) is 4.31. The average Bonchev–Trinajstić information content (AvgIpc) is 2.79. The standard InChI is InChI=1S/C14H7F3N4/c15-8-4-10(17)12(5-9(8)16)21-11-3-1-2-7(6-18)13(11)20-14(21)19/h1-5H,(H2,19,20). The lowest BCUT2D eigenvalue weighted by molar-refractivity contribution is 0.493. The summed E-state index contributed by atoms with van der Waals surface area (Å²) < 4.78 is 41.4. The molecule has 1 aromatic heterocycles. The maximum absolute atomic E-state index is 13.9. The Morgan fingerprint density at radius 3 is 2.52 bits per heavy atom. The fourth-order valence-corrected chi connectivity index (χ4v) is 2.14. The zero-order valence-corrected chi connectivity index (χ0v) is 10.4. The third-order valence-corrected chi connectivity index (χ3v) is 3.06. The normalized spacial score (nSPS) is 10.8. The van der Waals surface area contributed by atoms with E-state index in [1.165, 1.54) is 6.07 Å². The van der Waals surface area contributed by atoms with Crippen LogP contribution in [0.15, 0.2) is 30.3 Å². The van der Waals surface area contributed by atoms with Crippen molar-refractivity contribution in [2.45, 2.75) is 0 Å². The molecule has 0 amide bonds. The average molecular weight is 288 g/mol. The predicted octanol–water partition coefficient (Wildman–Crippen LogP) is 2.90. The molecule has 4 nitrogen and oxygen atoms in total. The molecule has 3 aromatic rings. The van der Waals surface area contributed by atoms with Crippen LogP contribution < -0.4 is 5.73 Å². The first kappa shape index (κ1) is 13.0. The second kappa shape index (κ2) is 4.52. The number of halogens is 3. The van der Waals surface area contributed by atoms with Crippen molar-refractivity contribution < 1.29 is 13.2 Å². The second-order valence-corrected chi connectivity index (χ2v) is 4.31. The molecule has 0 saturated heterocycles. The molecule has 104 valence electrons. The lowest BCUT2D eigenvalue weighted by atomic mass is 10.2. The zero-order valence-electron chi connectivity index (χ0n) is 10.4. The quantitative estimate of drug-likeness (QED) is 0.700. The summed E-state index contributed by atoms with van der Waals surface area (Å²) in [5.74, 6) is -3.61. The van der Waals surface area contributed by atoms with Crippen molar-refractivity contribution in [1.82, 2.24) is 9.55 Å². The van der Waals surface area contributed by atoms with E-state index >= 15 is 0 Å². The number of benzene rings is 2. The molecule has 0 radical (unpaired) electrons. The first-order valence-corrected chi connectivity index (χ1v) is 5.85. The Kier molecular flexibility index (Phi) is 2.80. The van der Waals surface area contributed by atoms with Gasteiger partial charge in [0.2, 0.25) is 5.95 Å². The van der Waals surface area contributed by atoms with Gasteiger partial charge >= 0.3 is 0 Å². The monoisotopic (exact) mass is 288 g/mol. The van der Waals surface area contributed by atoms with Gasteiger partial charge in [0.15, 0.2) is 11.6 Å². The minimum Gasteiger partial charge on any atom is -0.369 e. The third kappa shape index (κ3) is 1.89. The van der Waals surface area contributed by atoms with Crippen molar-refractivity contribution >= 4 is 17.0 Å². The van der Waals surface area contributed by atoms with Crippen LogP contribution in [-0.4, -0.2) is 9.55 Å². The van der Waals surface area contributed by atoms with E-state index < -0.39 is 17.5 Å². The zero-order chi connectivity index (χ0) is 15.1. The topological polar surface area (TPSA) is 67.6 Å². The number of anilines is 1. The summed E-state index contributed by atoms with van der Waals surface area (Å²) in [5.41, 5.74) is 6.30. The fourth-order valence-electron chi connectivity index (χ4n) is 2.14. The van der Waals surface area contributed by atoms with Gasteiger partial charge in [0, 0.05) is 12.1 Å². The molecular formula is C14H7F3N4. The Morgan fingerprint density at radius 1 is 1.10 bits per heavy atom. The molecular weight excluding hydrogens is 281 g/mol. The van der Waals surface area contributed by atoms with Crippen molar-refractivity contribution in [3.63, 3.8) is 0 Å². The molecule has 0 spiro atoms. The van der Waals surface area contributed by atoms with Crippen molar-refractivity contribution in [3.05, 3.63) is 53.3 Å². The van der Waals surface area contributed by atoms with Gasteiger partial charge < -0.3 is 5.73 Å². The maximum Gasteiger partial charge on any atom is 0.206 e. The molecule has 0 atom stereocenters. The van der Waals surface area contributed by atoms with Crippen LogP contribution in [0, 0.1) is 28.8 Å². The number of hydrogen-bond acceptors (Lipinski definition) is 3. The van der Waals surface area contributed by atoms with E-state index in [-0.39, 0.29) is 22.7 Å². The Bertz CT molecular complexity index is 909. The van der Waals surface area contributed by atoms with E-state index in [0.717, 1.165) is 4.57 Å². The van der Waals surface area contributed by atoms with Gasteiger partial charge in [-0.25, -0.2) is 18.2 Å². The summed E-state index contributed by atoms with van der Waals surface area (Å²) in [5, 5.41) is 9.02. The molecule has 0 aliphatic heterocycles. The molecule has 0 bridgehead atoms. The van der Waals surface area contributed by atoms with Crippen LogP contribution in [-0.2, 0) is 0 Å². The number of aromatic nitrogens is 2. The maximum atomic E-state index is 13.9. The lowest BCUT2D eigenvalue weighted by Gasteiger charge is -2.08. The number of fused-ring (bicyclic) bond motifs is 1. The molecule has 2 N–H and O–H groups in total. The van der Waals surface area contributed by atoms with Gasteiger partial charge in [0.1, 0.15) is 17.4 Å². The lowest BCUT2D eigenvalue weighted by Crippen LogP contribution is -2.04. The first-order valence-electron chi connectivity index (χ1n) is 5.85. The van der Waals surface area contributed by atoms with E-state index in [9.17, 15) is 13.2 Å².